The minimum absolute atomic E-state index is 0.564. The molecule has 0 aliphatic heterocycles. The highest BCUT2D eigenvalue weighted by Crippen LogP contribution is 2.24. The minimum atomic E-state index is 0.564. The first-order valence-corrected chi connectivity index (χ1v) is 4.25. The molecule has 0 aliphatic carbocycles. The van der Waals surface area contributed by atoms with E-state index in [0.29, 0.717) is 5.92 Å². The zero-order chi connectivity index (χ0) is 8.43. The Morgan fingerprint density at radius 3 is 2.36 bits per heavy atom. The first-order valence-electron chi connectivity index (χ1n) is 3.88. The van der Waals surface area contributed by atoms with E-state index < -0.39 is 0 Å². The second-order valence-corrected chi connectivity index (χ2v) is 3.52. The molecule has 0 saturated heterocycles. The van der Waals surface area contributed by atoms with Gasteiger partial charge in [-0.25, -0.2) is 0 Å². The summed E-state index contributed by atoms with van der Waals surface area (Å²) in [6, 6.07) is 6.07. The van der Waals surface area contributed by atoms with Crippen LogP contribution in [0.2, 0.25) is 5.02 Å². The van der Waals surface area contributed by atoms with Crippen molar-refractivity contribution >= 4 is 11.6 Å². The molecule has 0 aromatic heterocycles. The average molecular weight is 169 g/mol. The van der Waals surface area contributed by atoms with Gasteiger partial charge in [-0.2, -0.15) is 0 Å². The van der Waals surface area contributed by atoms with E-state index in [1.165, 1.54) is 11.1 Å². The molecule has 0 spiro atoms. The van der Waals surface area contributed by atoms with Crippen molar-refractivity contribution in [3.8, 4) is 0 Å². The van der Waals surface area contributed by atoms with Gasteiger partial charge in [0.05, 0.1) is 0 Å². The lowest BCUT2D eigenvalue weighted by Gasteiger charge is -2.09. The van der Waals surface area contributed by atoms with Gasteiger partial charge in [-0.05, 0) is 30.0 Å². The second kappa shape index (κ2) is 3.27. The Labute approximate surface area is 73.2 Å². The Bertz CT molecular complexity index is 251. The molecule has 60 valence electrons. The Balaban J connectivity index is 3.17. The summed E-state index contributed by atoms with van der Waals surface area (Å²) in [5.41, 5.74) is 2.56. The maximum absolute atomic E-state index is 5.96. The van der Waals surface area contributed by atoms with Crippen LogP contribution in [0.5, 0.6) is 0 Å². The van der Waals surface area contributed by atoms with Gasteiger partial charge < -0.3 is 0 Å². The highest BCUT2D eigenvalue weighted by Gasteiger charge is 2.04. The number of halogens is 1. The van der Waals surface area contributed by atoms with E-state index in [1.54, 1.807) is 0 Å². The molecule has 0 amide bonds. The molecule has 0 heterocycles. The molecule has 1 aromatic rings. The van der Waals surface area contributed by atoms with Crippen LogP contribution in [0.1, 0.15) is 30.9 Å². The Hall–Kier alpha value is -0.490. The predicted octanol–water partition coefficient (Wildman–Crippen LogP) is 3.77. The summed E-state index contributed by atoms with van der Waals surface area (Å²) in [5, 5.41) is 0.871. The van der Waals surface area contributed by atoms with E-state index in [0.717, 1.165) is 5.02 Å². The predicted molar refractivity (Wildman–Crippen MR) is 50.3 cm³/mol. The fourth-order valence-corrected chi connectivity index (χ4v) is 1.43. The van der Waals surface area contributed by atoms with Crippen molar-refractivity contribution in [2.45, 2.75) is 26.7 Å². The fourth-order valence-electron chi connectivity index (χ4n) is 1.25. The molecule has 0 aliphatic rings. The first-order chi connectivity index (χ1) is 5.13. The summed E-state index contributed by atoms with van der Waals surface area (Å²) < 4.78 is 0. The van der Waals surface area contributed by atoms with Crippen molar-refractivity contribution in [2.24, 2.45) is 0 Å². The molecule has 0 saturated carbocycles. The summed E-state index contributed by atoms with van der Waals surface area (Å²) in [5.74, 6) is 0.564. The van der Waals surface area contributed by atoms with Gasteiger partial charge in [0.25, 0.3) is 0 Å². The van der Waals surface area contributed by atoms with Crippen molar-refractivity contribution in [3.05, 3.63) is 34.3 Å². The van der Waals surface area contributed by atoms with E-state index in [9.17, 15) is 0 Å². The molecule has 0 unspecified atom stereocenters. The number of hydrogen-bond acceptors (Lipinski definition) is 0. The van der Waals surface area contributed by atoms with E-state index in [-0.39, 0.29) is 0 Å². The van der Waals surface area contributed by atoms with Crippen LogP contribution in [-0.2, 0) is 0 Å². The van der Waals surface area contributed by atoms with Crippen molar-refractivity contribution in [1.29, 1.82) is 0 Å². The van der Waals surface area contributed by atoms with Crippen molar-refractivity contribution in [3.63, 3.8) is 0 Å². The maximum Gasteiger partial charge on any atom is 0.0438 e. The largest absolute Gasteiger partial charge is 0.0840 e. The maximum atomic E-state index is 5.96. The number of rotatable bonds is 1. The monoisotopic (exact) mass is 168 g/mol. The topological polar surface area (TPSA) is 0 Å². The summed E-state index contributed by atoms with van der Waals surface area (Å²) in [6.07, 6.45) is 0. The lowest BCUT2D eigenvalue weighted by molar-refractivity contribution is 0.857. The van der Waals surface area contributed by atoms with Crippen LogP contribution >= 0.6 is 11.6 Å². The summed E-state index contributed by atoms with van der Waals surface area (Å²) in [7, 11) is 0. The molecule has 1 heteroatoms. The first kappa shape index (κ1) is 8.61. The second-order valence-electron chi connectivity index (χ2n) is 3.11. The molecule has 0 bridgehead atoms. The third kappa shape index (κ3) is 1.75. The van der Waals surface area contributed by atoms with Crippen molar-refractivity contribution in [2.75, 3.05) is 0 Å². The molecule has 0 atom stereocenters. The summed E-state index contributed by atoms with van der Waals surface area (Å²) in [4.78, 5) is 0. The summed E-state index contributed by atoms with van der Waals surface area (Å²) >= 11 is 5.96. The van der Waals surface area contributed by atoms with Gasteiger partial charge in [-0.1, -0.05) is 37.6 Å². The molecular weight excluding hydrogens is 156 g/mol. The van der Waals surface area contributed by atoms with Crippen LogP contribution in [0.4, 0.5) is 0 Å². The van der Waals surface area contributed by atoms with Gasteiger partial charge in [-0.3, -0.25) is 0 Å². The zero-order valence-electron chi connectivity index (χ0n) is 7.19. The Kier molecular flexibility index (Phi) is 2.56. The van der Waals surface area contributed by atoms with Gasteiger partial charge in [0.1, 0.15) is 0 Å². The SMILES string of the molecule is Cc1c(Cl)cccc1C(C)C. The fraction of sp³-hybridized carbons (Fsp3) is 0.400. The van der Waals surface area contributed by atoms with Gasteiger partial charge in [0.15, 0.2) is 0 Å². The quantitative estimate of drug-likeness (QED) is 0.599. The van der Waals surface area contributed by atoms with Crippen LogP contribution in [0.25, 0.3) is 0 Å². The Morgan fingerprint density at radius 2 is 1.91 bits per heavy atom. The lowest BCUT2D eigenvalue weighted by atomic mass is 9.98. The van der Waals surface area contributed by atoms with Crippen molar-refractivity contribution < 1.29 is 0 Å². The molecule has 0 nitrogen and oxygen atoms in total. The minimum Gasteiger partial charge on any atom is -0.0840 e. The molecule has 1 aromatic carbocycles. The van der Waals surface area contributed by atoms with Crippen LogP contribution in [0.15, 0.2) is 18.2 Å². The molecule has 1 rings (SSSR count). The smallest absolute Gasteiger partial charge is 0.0438 e. The average Bonchev–Trinajstić information content (AvgIpc) is 1.94. The van der Waals surface area contributed by atoms with Gasteiger partial charge in [0, 0.05) is 5.02 Å². The van der Waals surface area contributed by atoms with E-state index in [2.05, 4.69) is 26.8 Å². The summed E-state index contributed by atoms with van der Waals surface area (Å²) in [6.45, 7) is 6.43. The standard InChI is InChI=1S/C10H13Cl/c1-7(2)9-5-4-6-10(11)8(9)3/h4-7H,1-3H3. The molecule has 11 heavy (non-hydrogen) atoms. The van der Waals surface area contributed by atoms with Crippen LogP contribution in [0, 0.1) is 6.92 Å². The molecule has 0 N–H and O–H groups in total. The van der Waals surface area contributed by atoms with Crippen molar-refractivity contribution in [1.82, 2.24) is 0 Å². The van der Waals surface area contributed by atoms with E-state index in [1.807, 2.05) is 12.1 Å². The van der Waals surface area contributed by atoms with Crippen LogP contribution in [0.3, 0.4) is 0 Å². The highest BCUT2D eigenvalue weighted by atomic mass is 35.5. The van der Waals surface area contributed by atoms with E-state index in [4.69, 9.17) is 11.6 Å². The molecular formula is C10H13Cl. The van der Waals surface area contributed by atoms with Gasteiger partial charge in [-0.15, -0.1) is 0 Å². The third-order valence-corrected chi connectivity index (χ3v) is 2.34. The number of hydrogen-bond donors (Lipinski definition) is 0. The molecule has 0 fully saturated rings. The number of benzene rings is 1. The van der Waals surface area contributed by atoms with Crippen LogP contribution < -0.4 is 0 Å². The lowest BCUT2D eigenvalue weighted by Crippen LogP contribution is -1.91. The van der Waals surface area contributed by atoms with Crippen LogP contribution in [-0.4, -0.2) is 0 Å². The third-order valence-electron chi connectivity index (χ3n) is 1.93. The zero-order valence-corrected chi connectivity index (χ0v) is 7.94. The normalized spacial score (nSPS) is 10.6. The molecule has 0 radical (unpaired) electrons. The highest BCUT2D eigenvalue weighted by molar-refractivity contribution is 6.31. The van der Waals surface area contributed by atoms with Gasteiger partial charge >= 0.3 is 0 Å². The van der Waals surface area contributed by atoms with Gasteiger partial charge in [0.2, 0.25) is 0 Å². The van der Waals surface area contributed by atoms with E-state index >= 15 is 0 Å². The Morgan fingerprint density at radius 1 is 1.27 bits per heavy atom.